The molecule has 1 aromatic carbocycles. The van der Waals surface area contributed by atoms with Gasteiger partial charge in [-0.2, -0.15) is 0 Å². The van der Waals surface area contributed by atoms with Gasteiger partial charge in [-0.25, -0.2) is 4.98 Å². The first-order chi connectivity index (χ1) is 7.92. The normalized spacial score (nSPS) is 16.0. The van der Waals surface area contributed by atoms with Crippen molar-refractivity contribution in [3.63, 3.8) is 0 Å². The van der Waals surface area contributed by atoms with Gasteiger partial charge in [0.1, 0.15) is 5.82 Å². The summed E-state index contributed by atoms with van der Waals surface area (Å²) in [7, 11) is 0. The fourth-order valence-electron chi connectivity index (χ4n) is 2.46. The fraction of sp³-hybridized carbons (Fsp3) is 0.462. The molecule has 3 nitrogen and oxygen atoms in total. The topological polar surface area (TPSA) is 40.7 Å². The molecule has 2 N–H and O–H groups in total. The third-order valence-electron chi connectivity index (χ3n) is 3.38. The molecule has 3 rings (SSSR count). The van der Waals surface area contributed by atoms with Crippen molar-refractivity contribution in [1.82, 2.24) is 15.3 Å². The quantitative estimate of drug-likeness (QED) is 0.892. The monoisotopic (exact) mass is 287 g/mol. The second kappa shape index (κ2) is 6.98. The Balaban J connectivity index is 0.000000810. The Morgan fingerprint density at radius 1 is 1.11 bits per heavy atom. The van der Waals surface area contributed by atoms with Gasteiger partial charge in [0.15, 0.2) is 0 Å². The Hall–Kier alpha value is -0.770. The summed E-state index contributed by atoms with van der Waals surface area (Å²) in [5.74, 6) is 1.94. The van der Waals surface area contributed by atoms with Crippen molar-refractivity contribution < 1.29 is 0 Å². The van der Waals surface area contributed by atoms with Crippen molar-refractivity contribution in [2.75, 3.05) is 13.1 Å². The van der Waals surface area contributed by atoms with Crippen LogP contribution in [-0.4, -0.2) is 23.1 Å². The van der Waals surface area contributed by atoms with Crippen LogP contribution in [0.4, 0.5) is 0 Å². The highest BCUT2D eigenvalue weighted by atomic mass is 35.5. The van der Waals surface area contributed by atoms with Crippen molar-refractivity contribution >= 4 is 35.8 Å². The van der Waals surface area contributed by atoms with Crippen LogP contribution < -0.4 is 5.32 Å². The number of aromatic nitrogens is 2. The molecular formula is C13H19Cl2N3. The van der Waals surface area contributed by atoms with E-state index in [-0.39, 0.29) is 24.8 Å². The van der Waals surface area contributed by atoms with E-state index in [1.165, 1.54) is 12.8 Å². The summed E-state index contributed by atoms with van der Waals surface area (Å²) < 4.78 is 0. The maximum atomic E-state index is 4.63. The minimum absolute atomic E-state index is 0. The number of imidazole rings is 1. The molecule has 1 aliphatic heterocycles. The number of rotatable bonds is 2. The average molecular weight is 288 g/mol. The van der Waals surface area contributed by atoms with E-state index >= 15 is 0 Å². The van der Waals surface area contributed by atoms with E-state index in [4.69, 9.17) is 0 Å². The third kappa shape index (κ3) is 3.37. The first-order valence-electron chi connectivity index (χ1n) is 6.06. The van der Waals surface area contributed by atoms with Crippen LogP contribution in [0.15, 0.2) is 24.3 Å². The zero-order chi connectivity index (χ0) is 10.8. The molecule has 0 spiro atoms. The fourth-order valence-corrected chi connectivity index (χ4v) is 2.46. The van der Waals surface area contributed by atoms with Crippen LogP contribution in [0.25, 0.3) is 11.0 Å². The number of benzene rings is 1. The van der Waals surface area contributed by atoms with Crippen LogP contribution in [-0.2, 0) is 6.42 Å². The lowest BCUT2D eigenvalue weighted by atomic mass is 9.94. The molecule has 0 atom stereocenters. The smallest absolute Gasteiger partial charge is 0.107 e. The molecule has 5 heteroatoms. The molecule has 0 unspecified atom stereocenters. The van der Waals surface area contributed by atoms with Crippen molar-refractivity contribution in [2.24, 2.45) is 5.92 Å². The SMILES string of the molecule is Cl.Cl.c1ccc2[nH]c(CC3CCNCC3)nc2c1. The summed E-state index contributed by atoms with van der Waals surface area (Å²) in [6, 6.07) is 8.25. The Bertz CT molecular complexity index is 445. The third-order valence-corrected chi connectivity index (χ3v) is 3.38. The first kappa shape index (κ1) is 15.3. The molecule has 0 radical (unpaired) electrons. The minimum Gasteiger partial charge on any atom is -0.342 e. The molecule has 1 aromatic heterocycles. The van der Waals surface area contributed by atoms with E-state index in [1.807, 2.05) is 6.07 Å². The van der Waals surface area contributed by atoms with Crippen LogP contribution >= 0.6 is 24.8 Å². The largest absolute Gasteiger partial charge is 0.342 e. The second-order valence-electron chi connectivity index (χ2n) is 4.60. The highest BCUT2D eigenvalue weighted by Crippen LogP contribution is 2.18. The Kier molecular flexibility index (Phi) is 5.93. The molecule has 2 heterocycles. The molecule has 2 aromatic rings. The molecule has 100 valence electrons. The van der Waals surface area contributed by atoms with E-state index in [9.17, 15) is 0 Å². The van der Waals surface area contributed by atoms with Gasteiger partial charge in [-0.05, 0) is 44.0 Å². The van der Waals surface area contributed by atoms with Gasteiger partial charge in [0, 0.05) is 6.42 Å². The van der Waals surface area contributed by atoms with E-state index in [0.29, 0.717) is 0 Å². The first-order valence-corrected chi connectivity index (χ1v) is 6.06. The number of para-hydroxylation sites is 2. The van der Waals surface area contributed by atoms with Gasteiger partial charge in [0.05, 0.1) is 11.0 Å². The average Bonchev–Trinajstić information content (AvgIpc) is 2.72. The number of hydrogen-bond acceptors (Lipinski definition) is 2. The summed E-state index contributed by atoms with van der Waals surface area (Å²) in [5.41, 5.74) is 2.25. The molecule has 1 saturated heterocycles. The summed E-state index contributed by atoms with van der Waals surface area (Å²) >= 11 is 0. The predicted octanol–water partition coefficient (Wildman–Crippen LogP) is 2.95. The van der Waals surface area contributed by atoms with E-state index in [1.54, 1.807) is 0 Å². The molecule has 0 bridgehead atoms. The van der Waals surface area contributed by atoms with Crippen LogP contribution in [0.2, 0.25) is 0 Å². The van der Waals surface area contributed by atoms with Gasteiger partial charge < -0.3 is 10.3 Å². The van der Waals surface area contributed by atoms with Crippen LogP contribution in [0.5, 0.6) is 0 Å². The summed E-state index contributed by atoms with van der Waals surface area (Å²) in [6.07, 6.45) is 3.64. The molecular weight excluding hydrogens is 269 g/mol. The number of nitrogens with zero attached hydrogens (tertiary/aromatic N) is 1. The second-order valence-corrected chi connectivity index (χ2v) is 4.60. The van der Waals surface area contributed by atoms with Gasteiger partial charge in [-0.3, -0.25) is 0 Å². The maximum Gasteiger partial charge on any atom is 0.107 e. The lowest BCUT2D eigenvalue weighted by molar-refractivity contribution is 0.368. The Morgan fingerprint density at radius 3 is 2.56 bits per heavy atom. The molecule has 0 amide bonds. The van der Waals surface area contributed by atoms with E-state index < -0.39 is 0 Å². The van der Waals surface area contributed by atoms with Crippen LogP contribution in [0.3, 0.4) is 0 Å². The summed E-state index contributed by atoms with van der Waals surface area (Å²) in [6.45, 7) is 2.32. The van der Waals surface area contributed by atoms with Crippen molar-refractivity contribution in [3.8, 4) is 0 Å². The highest BCUT2D eigenvalue weighted by Gasteiger charge is 2.15. The zero-order valence-corrected chi connectivity index (χ0v) is 11.8. The summed E-state index contributed by atoms with van der Waals surface area (Å²) in [5, 5.41) is 3.40. The number of piperidine rings is 1. The van der Waals surface area contributed by atoms with Gasteiger partial charge in [-0.1, -0.05) is 12.1 Å². The number of aromatic amines is 1. The predicted molar refractivity (Wildman–Crippen MR) is 79.9 cm³/mol. The number of nitrogens with one attached hydrogen (secondary N) is 2. The summed E-state index contributed by atoms with van der Waals surface area (Å²) in [4.78, 5) is 8.04. The highest BCUT2D eigenvalue weighted by molar-refractivity contribution is 5.85. The van der Waals surface area contributed by atoms with Crippen molar-refractivity contribution in [3.05, 3.63) is 30.1 Å². The van der Waals surface area contributed by atoms with E-state index in [2.05, 4.69) is 33.5 Å². The standard InChI is InChI=1S/C13H17N3.2ClH/c1-2-4-12-11(3-1)15-13(16-12)9-10-5-7-14-8-6-10;;/h1-4,10,14H,5-9H2,(H,15,16);2*1H. The van der Waals surface area contributed by atoms with Gasteiger partial charge in [0.25, 0.3) is 0 Å². The molecule has 1 fully saturated rings. The van der Waals surface area contributed by atoms with Crippen LogP contribution in [0, 0.1) is 5.92 Å². The lowest BCUT2D eigenvalue weighted by Gasteiger charge is -2.21. The zero-order valence-electron chi connectivity index (χ0n) is 10.2. The van der Waals surface area contributed by atoms with Crippen LogP contribution in [0.1, 0.15) is 18.7 Å². The maximum absolute atomic E-state index is 4.63. The van der Waals surface area contributed by atoms with Crippen molar-refractivity contribution in [1.29, 1.82) is 0 Å². The number of hydrogen-bond donors (Lipinski definition) is 2. The molecule has 0 aliphatic carbocycles. The number of fused-ring (bicyclic) bond motifs is 1. The van der Waals surface area contributed by atoms with Gasteiger partial charge in [0.2, 0.25) is 0 Å². The van der Waals surface area contributed by atoms with E-state index in [0.717, 1.165) is 42.3 Å². The number of halogens is 2. The van der Waals surface area contributed by atoms with Gasteiger partial charge in [-0.15, -0.1) is 24.8 Å². The minimum atomic E-state index is 0. The van der Waals surface area contributed by atoms with Crippen molar-refractivity contribution in [2.45, 2.75) is 19.3 Å². The number of H-pyrrole nitrogens is 1. The molecule has 1 aliphatic rings. The van der Waals surface area contributed by atoms with Gasteiger partial charge >= 0.3 is 0 Å². The Labute approximate surface area is 120 Å². The molecule has 18 heavy (non-hydrogen) atoms. The molecule has 0 saturated carbocycles. The lowest BCUT2D eigenvalue weighted by Crippen LogP contribution is -2.28. The Morgan fingerprint density at radius 2 is 1.83 bits per heavy atom.